The van der Waals surface area contributed by atoms with Gasteiger partial charge in [0.05, 0.1) is 11.5 Å². The van der Waals surface area contributed by atoms with Crippen LogP contribution in [0.2, 0.25) is 0 Å². The second-order valence-electron chi connectivity index (χ2n) is 5.39. The van der Waals surface area contributed by atoms with Crippen LogP contribution in [0.1, 0.15) is 19.4 Å². The molecule has 0 heterocycles. The second-order valence-corrected chi connectivity index (χ2v) is 7.29. The lowest BCUT2D eigenvalue weighted by Gasteiger charge is -2.25. The molecule has 0 unspecified atom stereocenters. The summed E-state index contributed by atoms with van der Waals surface area (Å²) in [4.78, 5) is 0.371. The topological polar surface area (TPSA) is 58.6 Å². The molecule has 1 rings (SSSR count). The standard InChI is InChI=1S/C15H26N2O3S/c1-13(2)12-17(9-10-20-4)21(18,19)15-8-6-5-7-14(15)11-16-3/h5-8,13,16H,9-12H2,1-4H3. The third-order valence-electron chi connectivity index (χ3n) is 3.07. The zero-order chi connectivity index (χ0) is 15.9. The molecular weight excluding hydrogens is 288 g/mol. The zero-order valence-electron chi connectivity index (χ0n) is 13.3. The van der Waals surface area contributed by atoms with Gasteiger partial charge in [-0.1, -0.05) is 32.0 Å². The summed E-state index contributed by atoms with van der Waals surface area (Å²) in [5.41, 5.74) is 0.783. The third-order valence-corrected chi connectivity index (χ3v) is 5.04. The molecule has 0 amide bonds. The van der Waals surface area contributed by atoms with E-state index in [-0.39, 0.29) is 5.92 Å². The highest BCUT2D eigenvalue weighted by Gasteiger charge is 2.26. The van der Waals surface area contributed by atoms with E-state index in [0.717, 1.165) is 5.56 Å². The van der Waals surface area contributed by atoms with Gasteiger partial charge in [-0.2, -0.15) is 4.31 Å². The average molecular weight is 314 g/mol. The van der Waals surface area contributed by atoms with Gasteiger partial charge in [0.15, 0.2) is 0 Å². The maximum absolute atomic E-state index is 12.9. The minimum atomic E-state index is -3.51. The Morgan fingerprint density at radius 1 is 1.29 bits per heavy atom. The van der Waals surface area contributed by atoms with Crippen molar-refractivity contribution < 1.29 is 13.2 Å². The fourth-order valence-electron chi connectivity index (χ4n) is 2.14. The summed E-state index contributed by atoms with van der Waals surface area (Å²) >= 11 is 0. The van der Waals surface area contributed by atoms with Gasteiger partial charge in [-0.05, 0) is 24.6 Å². The number of hydrogen-bond donors (Lipinski definition) is 1. The number of sulfonamides is 1. The van der Waals surface area contributed by atoms with Crippen LogP contribution in [-0.4, -0.2) is 46.6 Å². The van der Waals surface area contributed by atoms with Crippen LogP contribution in [0.4, 0.5) is 0 Å². The van der Waals surface area contributed by atoms with Gasteiger partial charge in [-0.25, -0.2) is 8.42 Å². The van der Waals surface area contributed by atoms with Gasteiger partial charge in [0.1, 0.15) is 0 Å². The quantitative estimate of drug-likeness (QED) is 0.754. The monoisotopic (exact) mass is 314 g/mol. The van der Waals surface area contributed by atoms with E-state index in [1.54, 1.807) is 26.3 Å². The molecule has 0 saturated carbocycles. The molecule has 0 atom stereocenters. The van der Waals surface area contributed by atoms with Crippen LogP contribution in [0.3, 0.4) is 0 Å². The Labute approximate surface area is 128 Å². The van der Waals surface area contributed by atoms with E-state index < -0.39 is 10.0 Å². The fraction of sp³-hybridized carbons (Fsp3) is 0.600. The van der Waals surface area contributed by atoms with Gasteiger partial charge in [0, 0.05) is 26.7 Å². The first-order valence-corrected chi connectivity index (χ1v) is 8.59. The Morgan fingerprint density at radius 3 is 2.52 bits per heavy atom. The highest BCUT2D eigenvalue weighted by molar-refractivity contribution is 7.89. The summed E-state index contributed by atoms with van der Waals surface area (Å²) < 4.78 is 32.4. The van der Waals surface area contributed by atoms with Crippen molar-refractivity contribution in [3.8, 4) is 0 Å². The van der Waals surface area contributed by atoms with Crippen LogP contribution < -0.4 is 5.32 Å². The molecule has 5 nitrogen and oxygen atoms in total. The van der Waals surface area contributed by atoms with Crippen molar-refractivity contribution in [1.29, 1.82) is 0 Å². The number of nitrogens with one attached hydrogen (secondary N) is 1. The summed E-state index contributed by atoms with van der Waals surface area (Å²) in [6.07, 6.45) is 0. The minimum absolute atomic E-state index is 0.257. The molecular formula is C15H26N2O3S. The summed E-state index contributed by atoms with van der Waals surface area (Å²) in [6.45, 7) is 5.78. The summed E-state index contributed by atoms with van der Waals surface area (Å²) in [6, 6.07) is 7.12. The van der Waals surface area contributed by atoms with Crippen molar-refractivity contribution >= 4 is 10.0 Å². The molecule has 120 valence electrons. The van der Waals surface area contributed by atoms with E-state index in [4.69, 9.17) is 4.74 Å². The van der Waals surface area contributed by atoms with Crippen molar-refractivity contribution in [2.45, 2.75) is 25.3 Å². The number of benzene rings is 1. The Hall–Kier alpha value is -0.950. The maximum atomic E-state index is 12.9. The molecule has 0 saturated heterocycles. The number of nitrogens with zero attached hydrogens (tertiary/aromatic N) is 1. The number of hydrogen-bond acceptors (Lipinski definition) is 4. The Morgan fingerprint density at radius 2 is 1.95 bits per heavy atom. The molecule has 0 radical (unpaired) electrons. The fourth-order valence-corrected chi connectivity index (χ4v) is 3.95. The number of methoxy groups -OCH3 is 1. The first kappa shape index (κ1) is 18.1. The lowest BCUT2D eigenvalue weighted by molar-refractivity contribution is 0.175. The molecule has 0 fully saturated rings. The second kappa shape index (κ2) is 8.48. The van der Waals surface area contributed by atoms with E-state index in [2.05, 4.69) is 5.32 Å². The van der Waals surface area contributed by atoms with Gasteiger partial charge in [0.2, 0.25) is 10.0 Å². The van der Waals surface area contributed by atoms with E-state index >= 15 is 0 Å². The largest absolute Gasteiger partial charge is 0.383 e. The van der Waals surface area contributed by atoms with Crippen molar-refractivity contribution in [2.24, 2.45) is 5.92 Å². The Balaban J connectivity index is 3.15. The van der Waals surface area contributed by atoms with Crippen molar-refractivity contribution in [1.82, 2.24) is 9.62 Å². The van der Waals surface area contributed by atoms with Crippen LogP contribution in [0.5, 0.6) is 0 Å². The molecule has 0 spiro atoms. The predicted molar refractivity (Wildman–Crippen MR) is 84.7 cm³/mol. The van der Waals surface area contributed by atoms with Gasteiger partial charge in [-0.15, -0.1) is 0 Å². The summed E-state index contributed by atoms with van der Waals surface area (Å²) in [5.74, 6) is 0.257. The molecule has 1 N–H and O–H groups in total. The van der Waals surface area contributed by atoms with Crippen LogP contribution in [-0.2, 0) is 21.3 Å². The normalized spacial score (nSPS) is 12.3. The number of ether oxygens (including phenoxy) is 1. The molecule has 1 aromatic rings. The van der Waals surface area contributed by atoms with Gasteiger partial charge < -0.3 is 10.1 Å². The van der Waals surface area contributed by atoms with Gasteiger partial charge in [0.25, 0.3) is 0 Å². The average Bonchev–Trinajstić information content (AvgIpc) is 2.43. The van der Waals surface area contributed by atoms with Crippen LogP contribution in [0, 0.1) is 5.92 Å². The molecule has 6 heteroatoms. The first-order chi connectivity index (χ1) is 9.93. The molecule has 0 aliphatic heterocycles. The smallest absolute Gasteiger partial charge is 0.243 e. The Kier molecular flexibility index (Phi) is 7.31. The van der Waals surface area contributed by atoms with E-state index in [1.165, 1.54) is 4.31 Å². The molecule has 0 bridgehead atoms. The van der Waals surface area contributed by atoms with Gasteiger partial charge in [-0.3, -0.25) is 0 Å². The molecule has 0 aromatic heterocycles. The van der Waals surface area contributed by atoms with Crippen molar-refractivity contribution in [2.75, 3.05) is 33.9 Å². The van der Waals surface area contributed by atoms with E-state index in [9.17, 15) is 8.42 Å². The predicted octanol–water partition coefficient (Wildman–Crippen LogP) is 1.70. The minimum Gasteiger partial charge on any atom is -0.383 e. The maximum Gasteiger partial charge on any atom is 0.243 e. The lowest BCUT2D eigenvalue weighted by atomic mass is 10.2. The molecule has 0 aliphatic rings. The van der Waals surface area contributed by atoms with Gasteiger partial charge >= 0.3 is 0 Å². The number of rotatable bonds is 9. The van der Waals surface area contributed by atoms with Crippen LogP contribution >= 0.6 is 0 Å². The molecule has 0 aliphatic carbocycles. The van der Waals surface area contributed by atoms with Crippen molar-refractivity contribution in [3.05, 3.63) is 29.8 Å². The molecule has 1 aromatic carbocycles. The first-order valence-electron chi connectivity index (χ1n) is 7.15. The highest BCUT2D eigenvalue weighted by atomic mass is 32.2. The lowest BCUT2D eigenvalue weighted by Crippen LogP contribution is -2.37. The van der Waals surface area contributed by atoms with Crippen LogP contribution in [0.15, 0.2) is 29.2 Å². The highest BCUT2D eigenvalue weighted by Crippen LogP contribution is 2.21. The SMILES string of the molecule is CNCc1ccccc1S(=O)(=O)N(CCOC)CC(C)C. The summed E-state index contributed by atoms with van der Waals surface area (Å²) in [5, 5.41) is 3.01. The van der Waals surface area contributed by atoms with Crippen LogP contribution in [0.25, 0.3) is 0 Å². The summed E-state index contributed by atoms with van der Waals surface area (Å²) in [7, 11) is -0.124. The third kappa shape index (κ3) is 5.07. The molecule has 21 heavy (non-hydrogen) atoms. The van der Waals surface area contributed by atoms with E-state index in [0.29, 0.717) is 31.1 Å². The zero-order valence-corrected chi connectivity index (χ0v) is 14.1. The van der Waals surface area contributed by atoms with Crippen molar-refractivity contribution in [3.63, 3.8) is 0 Å². The van der Waals surface area contributed by atoms with E-state index in [1.807, 2.05) is 26.0 Å². The Bertz CT molecular complexity index is 529.